The van der Waals surface area contributed by atoms with Gasteiger partial charge in [0.15, 0.2) is 0 Å². The van der Waals surface area contributed by atoms with E-state index in [9.17, 15) is 4.79 Å². The number of nitrogens with one attached hydrogen (secondary N) is 1. The Hall–Kier alpha value is -1.02. The first-order chi connectivity index (χ1) is 9.11. The fraction of sp³-hybridized carbons (Fsp3) is 0.562. The van der Waals surface area contributed by atoms with Crippen LogP contribution in [-0.2, 0) is 11.2 Å². The molecule has 0 aliphatic carbocycles. The molecule has 1 atom stereocenters. The number of hydrogen-bond acceptors (Lipinski definition) is 1. The van der Waals surface area contributed by atoms with Crippen molar-refractivity contribution in [3.05, 3.63) is 34.9 Å². The van der Waals surface area contributed by atoms with Gasteiger partial charge >= 0.3 is 0 Å². The molecule has 1 unspecified atom stereocenters. The average Bonchev–Trinajstić information content (AvgIpc) is 2.38. The third kappa shape index (κ3) is 7.22. The Morgan fingerprint density at radius 1 is 1.26 bits per heavy atom. The minimum atomic E-state index is 0.138. The molecule has 0 saturated heterocycles. The number of rotatable bonds is 8. The van der Waals surface area contributed by atoms with Crippen molar-refractivity contribution in [1.29, 1.82) is 0 Å². The van der Waals surface area contributed by atoms with Gasteiger partial charge < -0.3 is 5.32 Å². The molecule has 1 rings (SSSR count). The van der Waals surface area contributed by atoms with E-state index < -0.39 is 0 Å². The Labute approximate surface area is 121 Å². The molecule has 0 heterocycles. The molecule has 0 radical (unpaired) electrons. The van der Waals surface area contributed by atoms with Gasteiger partial charge in [0.2, 0.25) is 5.91 Å². The number of halogens is 1. The molecule has 0 saturated carbocycles. The Balaban J connectivity index is 2.22. The monoisotopic (exact) mass is 281 g/mol. The molecule has 0 bridgehead atoms. The van der Waals surface area contributed by atoms with Crippen molar-refractivity contribution in [2.24, 2.45) is 0 Å². The van der Waals surface area contributed by atoms with Crippen LogP contribution in [0.15, 0.2) is 24.3 Å². The molecule has 19 heavy (non-hydrogen) atoms. The van der Waals surface area contributed by atoms with Crippen molar-refractivity contribution < 1.29 is 4.79 Å². The van der Waals surface area contributed by atoms with E-state index in [-0.39, 0.29) is 11.9 Å². The highest BCUT2D eigenvalue weighted by molar-refractivity contribution is 6.30. The average molecular weight is 282 g/mol. The Kier molecular flexibility index (Phi) is 7.57. The van der Waals surface area contributed by atoms with E-state index in [1.54, 1.807) is 0 Å². The molecular formula is C16H24ClNO. The Morgan fingerprint density at radius 3 is 2.58 bits per heavy atom. The predicted octanol–water partition coefficient (Wildman–Crippen LogP) is 4.36. The van der Waals surface area contributed by atoms with Crippen molar-refractivity contribution in [2.75, 3.05) is 0 Å². The molecule has 0 aliphatic rings. The normalized spacial score (nSPS) is 12.2. The topological polar surface area (TPSA) is 29.1 Å². The van der Waals surface area contributed by atoms with E-state index in [0.29, 0.717) is 6.42 Å². The second kappa shape index (κ2) is 8.98. The van der Waals surface area contributed by atoms with Crippen molar-refractivity contribution in [1.82, 2.24) is 5.32 Å². The van der Waals surface area contributed by atoms with Gasteiger partial charge in [0, 0.05) is 17.5 Å². The molecule has 3 heteroatoms. The van der Waals surface area contributed by atoms with Gasteiger partial charge in [-0.15, -0.1) is 0 Å². The van der Waals surface area contributed by atoms with Gasteiger partial charge in [-0.1, -0.05) is 49.9 Å². The van der Waals surface area contributed by atoms with Gasteiger partial charge in [0.25, 0.3) is 0 Å². The highest BCUT2D eigenvalue weighted by Gasteiger charge is 2.07. The number of amides is 1. The van der Waals surface area contributed by atoms with Crippen LogP contribution in [0.4, 0.5) is 0 Å². The summed E-state index contributed by atoms with van der Waals surface area (Å²) in [5.74, 6) is 0.138. The van der Waals surface area contributed by atoms with E-state index in [1.165, 1.54) is 19.3 Å². The molecular weight excluding hydrogens is 258 g/mol. The van der Waals surface area contributed by atoms with Crippen molar-refractivity contribution in [3.8, 4) is 0 Å². The summed E-state index contributed by atoms with van der Waals surface area (Å²) >= 11 is 5.82. The van der Waals surface area contributed by atoms with E-state index in [2.05, 4.69) is 19.2 Å². The third-order valence-corrected chi connectivity index (χ3v) is 3.45. The highest BCUT2D eigenvalue weighted by atomic mass is 35.5. The first kappa shape index (κ1) is 16.0. The molecule has 1 amide bonds. The molecule has 106 valence electrons. The van der Waals surface area contributed by atoms with E-state index in [4.69, 9.17) is 11.6 Å². The number of carbonyl (C=O) groups is 1. The third-order valence-electron chi connectivity index (χ3n) is 3.20. The van der Waals surface area contributed by atoms with Crippen molar-refractivity contribution in [3.63, 3.8) is 0 Å². The molecule has 1 aromatic carbocycles. The number of benzene rings is 1. The largest absolute Gasteiger partial charge is 0.354 e. The zero-order valence-electron chi connectivity index (χ0n) is 11.9. The molecule has 0 spiro atoms. The zero-order valence-corrected chi connectivity index (χ0v) is 12.7. The predicted molar refractivity (Wildman–Crippen MR) is 81.5 cm³/mol. The number of carbonyl (C=O) groups excluding carboxylic acids is 1. The molecule has 0 fully saturated rings. The first-order valence-electron chi connectivity index (χ1n) is 7.15. The van der Waals surface area contributed by atoms with Gasteiger partial charge in [0.05, 0.1) is 0 Å². The summed E-state index contributed by atoms with van der Waals surface area (Å²) in [5, 5.41) is 3.79. The fourth-order valence-electron chi connectivity index (χ4n) is 2.03. The van der Waals surface area contributed by atoms with Crippen LogP contribution in [0.25, 0.3) is 0 Å². The van der Waals surface area contributed by atoms with Crippen LogP contribution in [0.5, 0.6) is 0 Å². The van der Waals surface area contributed by atoms with Crippen LogP contribution in [0.3, 0.4) is 0 Å². The quantitative estimate of drug-likeness (QED) is 0.705. The van der Waals surface area contributed by atoms with Crippen LogP contribution in [0, 0.1) is 0 Å². The van der Waals surface area contributed by atoms with Crippen molar-refractivity contribution >= 4 is 17.5 Å². The lowest BCUT2D eigenvalue weighted by atomic mass is 10.1. The minimum absolute atomic E-state index is 0.138. The van der Waals surface area contributed by atoms with E-state index in [0.717, 1.165) is 23.4 Å². The number of unbranched alkanes of at least 4 members (excludes halogenated alkanes) is 2. The highest BCUT2D eigenvalue weighted by Crippen LogP contribution is 2.11. The smallest absolute Gasteiger partial charge is 0.220 e. The zero-order chi connectivity index (χ0) is 14.1. The second-order valence-electron chi connectivity index (χ2n) is 5.09. The Bertz CT molecular complexity index is 375. The lowest BCUT2D eigenvalue weighted by molar-refractivity contribution is -0.121. The molecule has 0 aromatic heterocycles. The second-order valence-corrected chi connectivity index (χ2v) is 5.53. The van der Waals surface area contributed by atoms with Crippen LogP contribution < -0.4 is 5.32 Å². The fourth-order valence-corrected chi connectivity index (χ4v) is 2.15. The van der Waals surface area contributed by atoms with Gasteiger partial charge in [0.1, 0.15) is 0 Å². The maximum Gasteiger partial charge on any atom is 0.220 e. The van der Waals surface area contributed by atoms with Gasteiger partial charge in [-0.05, 0) is 37.5 Å². The summed E-state index contributed by atoms with van der Waals surface area (Å²) in [6.07, 6.45) is 6.03. The lowest BCUT2D eigenvalue weighted by Gasteiger charge is -2.13. The summed E-state index contributed by atoms with van der Waals surface area (Å²) in [6, 6.07) is 7.95. The minimum Gasteiger partial charge on any atom is -0.354 e. The number of hydrogen-bond donors (Lipinski definition) is 1. The van der Waals surface area contributed by atoms with E-state index in [1.807, 2.05) is 24.3 Å². The summed E-state index contributed by atoms with van der Waals surface area (Å²) in [5.41, 5.74) is 1.15. The molecule has 1 aromatic rings. The van der Waals surface area contributed by atoms with Crippen LogP contribution in [0.2, 0.25) is 5.02 Å². The van der Waals surface area contributed by atoms with Crippen LogP contribution in [-0.4, -0.2) is 11.9 Å². The van der Waals surface area contributed by atoms with Gasteiger partial charge in [-0.2, -0.15) is 0 Å². The number of aryl methyl sites for hydroxylation is 1. The molecule has 0 aliphatic heterocycles. The standard InChI is InChI=1S/C16H24ClNO/c1-3-4-5-6-13(2)18-16(19)12-9-14-7-10-15(17)11-8-14/h7-8,10-11,13H,3-6,9,12H2,1-2H3,(H,18,19). The summed E-state index contributed by atoms with van der Waals surface area (Å²) in [7, 11) is 0. The summed E-state index contributed by atoms with van der Waals surface area (Å²) in [4.78, 5) is 11.8. The maximum atomic E-state index is 11.8. The first-order valence-corrected chi connectivity index (χ1v) is 7.53. The van der Waals surface area contributed by atoms with Gasteiger partial charge in [-0.3, -0.25) is 4.79 Å². The summed E-state index contributed by atoms with van der Waals surface area (Å²) in [6.45, 7) is 4.27. The van der Waals surface area contributed by atoms with Crippen LogP contribution in [0.1, 0.15) is 51.5 Å². The Morgan fingerprint density at radius 2 is 1.95 bits per heavy atom. The maximum absolute atomic E-state index is 11.8. The SMILES string of the molecule is CCCCCC(C)NC(=O)CCc1ccc(Cl)cc1. The van der Waals surface area contributed by atoms with Crippen molar-refractivity contribution in [2.45, 2.75) is 58.4 Å². The summed E-state index contributed by atoms with van der Waals surface area (Å²) < 4.78 is 0. The van der Waals surface area contributed by atoms with E-state index >= 15 is 0 Å². The van der Waals surface area contributed by atoms with Crippen LogP contribution >= 0.6 is 11.6 Å². The molecule has 2 nitrogen and oxygen atoms in total. The lowest BCUT2D eigenvalue weighted by Crippen LogP contribution is -2.32. The molecule has 1 N–H and O–H groups in total. The van der Waals surface area contributed by atoms with Gasteiger partial charge in [-0.25, -0.2) is 0 Å².